The Morgan fingerprint density at radius 2 is 2.35 bits per heavy atom. The predicted molar refractivity (Wildman–Crippen MR) is 72.8 cm³/mol. The number of thioether (sulfide) groups is 1. The van der Waals surface area contributed by atoms with Crippen LogP contribution in [0.3, 0.4) is 0 Å². The number of fused-ring (bicyclic) bond motifs is 1. The second-order valence-corrected chi connectivity index (χ2v) is 6.05. The van der Waals surface area contributed by atoms with Gasteiger partial charge < -0.3 is 10.1 Å². The van der Waals surface area contributed by atoms with Crippen LogP contribution in [0.4, 0.5) is 0 Å². The minimum Gasteiger partial charge on any atom is -0.493 e. The zero-order valence-corrected chi connectivity index (χ0v) is 10.9. The molecule has 2 aliphatic rings. The Balaban J connectivity index is 1.62. The molecule has 0 spiro atoms. The second kappa shape index (κ2) is 5.32. The molecule has 2 nitrogen and oxygen atoms in total. The number of nitrogens with one attached hydrogen (secondary N) is 1. The average molecular weight is 249 g/mol. The number of rotatable bonds is 3. The lowest BCUT2D eigenvalue weighted by Gasteiger charge is -2.18. The fourth-order valence-corrected chi connectivity index (χ4v) is 3.74. The molecule has 1 N–H and O–H groups in total. The first-order valence-electron chi connectivity index (χ1n) is 6.45. The number of hydrogen-bond acceptors (Lipinski definition) is 3. The number of ether oxygens (including phenoxy) is 1. The van der Waals surface area contributed by atoms with Crippen LogP contribution in [-0.2, 0) is 13.0 Å². The summed E-state index contributed by atoms with van der Waals surface area (Å²) in [6.07, 6.45) is 2.45. The van der Waals surface area contributed by atoms with Gasteiger partial charge in [0.15, 0.2) is 0 Å². The van der Waals surface area contributed by atoms with Gasteiger partial charge >= 0.3 is 0 Å². The van der Waals surface area contributed by atoms with Crippen LogP contribution in [0.25, 0.3) is 0 Å². The van der Waals surface area contributed by atoms with E-state index in [2.05, 4.69) is 35.3 Å². The van der Waals surface area contributed by atoms with Crippen molar-refractivity contribution < 1.29 is 4.74 Å². The van der Waals surface area contributed by atoms with Crippen LogP contribution in [0.1, 0.15) is 17.5 Å². The van der Waals surface area contributed by atoms with Crippen LogP contribution >= 0.6 is 11.8 Å². The van der Waals surface area contributed by atoms with E-state index in [9.17, 15) is 0 Å². The molecular weight excluding hydrogens is 230 g/mol. The molecule has 2 heterocycles. The smallest absolute Gasteiger partial charge is 0.119 e. The summed E-state index contributed by atoms with van der Waals surface area (Å²) in [7, 11) is 0. The summed E-state index contributed by atoms with van der Waals surface area (Å²) >= 11 is 2.05. The molecule has 1 aromatic carbocycles. The maximum Gasteiger partial charge on any atom is 0.119 e. The Kier molecular flexibility index (Phi) is 3.57. The zero-order valence-electron chi connectivity index (χ0n) is 10.1. The molecule has 1 atom stereocenters. The van der Waals surface area contributed by atoms with Crippen molar-refractivity contribution in [3.8, 4) is 5.75 Å². The standard InChI is InChI=1S/C14H19NOS/c1-2-14(16-9-11-4-6-17-10-11)7-12-3-5-15-8-13(1)12/h1-2,7,11,15H,3-6,8-10H2. The van der Waals surface area contributed by atoms with Gasteiger partial charge in [-0.25, -0.2) is 0 Å². The van der Waals surface area contributed by atoms with Gasteiger partial charge in [0, 0.05) is 12.5 Å². The normalized spacial score (nSPS) is 23.4. The molecule has 1 unspecified atom stereocenters. The van der Waals surface area contributed by atoms with Crippen LogP contribution in [0.2, 0.25) is 0 Å². The third-order valence-corrected chi connectivity index (χ3v) is 4.81. The highest BCUT2D eigenvalue weighted by Gasteiger charge is 2.16. The van der Waals surface area contributed by atoms with Crippen LogP contribution in [0.5, 0.6) is 5.75 Å². The first kappa shape index (κ1) is 11.4. The van der Waals surface area contributed by atoms with E-state index in [1.165, 1.54) is 29.1 Å². The van der Waals surface area contributed by atoms with Crippen molar-refractivity contribution in [2.45, 2.75) is 19.4 Å². The van der Waals surface area contributed by atoms with E-state index in [4.69, 9.17) is 4.74 Å². The number of hydrogen-bond donors (Lipinski definition) is 1. The number of benzene rings is 1. The van der Waals surface area contributed by atoms with Crippen molar-refractivity contribution in [3.63, 3.8) is 0 Å². The summed E-state index contributed by atoms with van der Waals surface area (Å²) in [6.45, 7) is 2.99. The molecule has 1 aromatic rings. The molecule has 0 bridgehead atoms. The molecule has 1 fully saturated rings. The first-order valence-corrected chi connectivity index (χ1v) is 7.60. The fourth-order valence-electron chi connectivity index (χ4n) is 2.47. The molecule has 0 amide bonds. The highest BCUT2D eigenvalue weighted by Crippen LogP contribution is 2.25. The molecule has 0 saturated carbocycles. The Bertz CT molecular complexity index is 388. The lowest BCUT2D eigenvalue weighted by Crippen LogP contribution is -2.23. The third kappa shape index (κ3) is 2.78. The summed E-state index contributed by atoms with van der Waals surface area (Å²) in [4.78, 5) is 0. The highest BCUT2D eigenvalue weighted by molar-refractivity contribution is 7.99. The first-order chi connectivity index (χ1) is 8.42. The average Bonchev–Trinajstić information content (AvgIpc) is 2.89. The molecular formula is C14H19NOS. The predicted octanol–water partition coefficient (Wildman–Crippen LogP) is 2.46. The van der Waals surface area contributed by atoms with Gasteiger partial charge in [0.25, 0.3) is 0 Å². The van der Waals surface area contributed by atoms with E-state index in [-0.39, 0.29) is 0 Å². The summed E-state index contributed by atoms with van der Waals surface area (Å²) in [6, 6.07) is 6.56. The van der Waals surface area contributed by atoms with Crippen molar-refractivity contribution in [3.05, 3.63) is 29.3 Å². The Morgan fingerprint density at radius 3 is 3.24 bits per heavy atom. The second-order valence-electron chi connectivity index (χ2n) is 4.90. The van der Waals surface area contributed by atoms with Gasteiger partial charge in [-0.05, 0) is 54.2 Å². The lowest BCUT2D eigenvalue weighted by molar-refractivity contribution is 0.263. The quantitative estimate of drug-likeness (QED) is 0.889. The molecule has 92 valence electrons. The van der Waals surface area contributed by atoms with Gasteiger partial charge in [-0.15, -0.1) is 0 Å². The molecule has 1 saturated heterocycles. The zero-order chi connectivity index (χ0) is 11.5. The van der Waals surface area contributed by atoms with Crippen molar-refractivity contribution in [1.82, 2.24) is 5.32 Å². The van der Waals surface area contributed by atoms with Gasteiger partial charge in [-0.1, -0.05) is 6.07 Å². The maximum absolute atomic E-state index is 5.92. The summed E-state index contributed by atoms with van der Waals surface area (Å²) in [5.74, 6) is 4.40. The third-order valence-electron chi connectivity index (χ3n) is 3.57. The van der Waals surface area contributed by atoms with E-state index in [0.29, 0.717) is 0 Å². The van der Waals surface area contributed by atoms with Crippen LogP contribution < -0.4 is 10.1 Å². The van der Waals surface area contributed by atoms with E-state index >= 15 is 0 Å². The molecule has 2 aliphatic heterocycles. The Morgan fingerprint density at radius 1 is 1.35 bits per heavy atom. The van der Waals surface area contributed by atoms with Crippen molar-refractivity contribution in [2.24, 2.45) is 5.92 Å². The van der Waals surface area contributed by atoms with Gasteiger partial charge in [-0.3, -0.25) is 0 Å². The summed E-state index contributed by atoms with van der Waals surface area (Å²) < 4.78 is 5.92. The van der Waals surface area contributed by atoms with E-state index in [0.717, 1.165) is 37.8 Å². The molecule has 0 radical (unpaired) electrons. The Hall–Kier alpha value is -0.670. The van der Waals surface area contributed by atoms with E-state index in [1.54, 1.807) is 0 Å². The summed E-state index contributed by atoms with van der Waals surface area (Å²) in [5, 5.41) is 3.39. The van der Waals surface area contributed by atoms with Gasteiger partial charge in [0.05, 0.1) is 6.61 Å². The van der Waals surface area contributed by atoms with E-state index < -0.39 is 0 Å². The molecule has 3 heteroatoms. The fraction of sp³-hybridized carbons (Fsp3) is 0.571. The largest absolute Gasteiger partial charge is 0.493 e. The van der Waals surface area contributed by atoms with Gasteiger partial charge in [0.2, 0.25) is 0 Å². The van der Waals surface area contributed by atoms with Gasteiger partial charge in [0.1, 0.15) is 5.75 Å². The van der Waals surface area contributed by atoms with Crippen molar-refractivity contribution >= 4 is 11.8 Å². The van der Waals surface area contributed by atoms with Gasteiger partial charge in [-0.2, -0.15) is 11.8 Å². The van der Waals surface area contributed by atoms with E-state index in [1.807, 2.05) is 0 Å². The molecule has 3 rings (SSSR count). The van der Waals surface area contributed by atoms with Crippen molar-refractivity contribution in [2.75, 3.05) is 24.7 Å². The van der Waals surface area contributed by atoms with Crippen molar-refractivity contribution in [1.29, 1.82) is 0 Å². The Labute approximate surface area is 107 Å². The topological polar surface area (TPSA) is 21.3 Å². The maximum atomic E-state index is 5.92. The minimum absolute atomic E-state index is 0.762. The SMILES string of the molecule is c1cc2c(cc1OCC1CCSC1)CCNC2. The highest BCUT2D eigenvalue weighted by atomic mass is 32.2. The monoisotopic (exact) mass is 249 g/mol. The minimum atomic E-state index is 0.762. The van der Waals surface area contributed by atoms with Crippen LogP contribution in [0.15, 0.2) is 18.2 Å². The molecule has 0 aliphatic carbocycles. The lowest BCUT2D eigenvalue weighted by atomic mass is 10.0. The van der Waals surface area contributed by atoms with Crippen LogP contribution in [0, 0.1) is 5.92 Å². The molecule has 0 aromatic heterocycles. The van der Waals surface area contributed by atoms with Crippen LogP contribution in [-0.4, -0.2) is 24.7 Å². The molecule has 17 heavy (non-hydrogen) atoms. The summed E-state index contributed by atoms with van der Waals surface area (Å²) in [5.41, 5.74) is 2.89.